The van der Waals surface area contributed by atoms with Gasteiger partial charge in [-0.25, -0.2) is 4.79 Å². The maximum Gasteiger partial charge on any atom is 0.330 e. The molecule has 0 saturated carbocycles. The van der Waals surface area contributed by atoms with E-state index in [9.17, 15) is 9.90 Å². The number of esters is 1. The van der Waals surface area contributed by atoms with Gasteiger partial charge in [0.05, 0.1) is 19.8 Å². The zero-order chi connectivity index (χ0) is 38.6. The number of rotatable bonds is 6. The van der Waals surface area contributed by atoms with Crippen molar-refractivity contribution in [3.63, 3.8) is 0 Å². The van der Waals surface area contributed by atoms with E-state index in [2.05, 4.69) is 11.3 Å². The average molecular weight is 755 g/mol. The molecule has 15 atom stereocenters. The molecule has 7 aliphatic heterocycles. The van der Waals surface area contributed by atoms with Crippen LogP contribution in [0.25, 0.3) is 0 Å². The molecule has 300 valence electrons. The second-order valence-corrected chi connectivity index (χ2v) is 15.2. The van der Waals surface area contributed by atoms with Crippen LogP contribution in [0.4, 0.5) is 0 Å². The van der Waals surface area contributed by atoms with Crippen LogP contribution in [-0.4, -0.2) is 172 Å². The first-order valence-corrected chi connectivity index (χ1v) is 17.2. The van der Waals surface area contributed by atoms with Gasteiger partial charge in [0.2, 0.25) is 0 Å². The summed E-state index contributed by atoms with van der Waals surface area (Å²) in [5, 5.41) is 54.7. The Morgan fingerprint density at radius 1 is 0.692 bits per heavy atom. The molecule has 7 rings (SSSR count). The minimum Gasteiger partial charge on any atom is -0.453 e. The first kappa shape index (κ1) is 41.7. The van der Waals surface area contributed by atoms with E-state index in [1.807, 2.05) is 27.7 Å². The molecule has 15 unspecified atom stereocenters. The van der Waals surface area contributed by atoms with E-state index >= 15 is 0 Å². The topological polar surface area (TPSA) is 249 Å². The number of hydrogen-bond acceptors (Lipinski definition) is 19. The van der Waals surface area contributed by atoms with Crippen molar-refractivity contribution in [2.45, 2.75) is 171 Å². The number of carbonyl (C=O) groups is 1. The van der Waals surface area contributed by atoms with Gasteiger partial charge >= 0.3 is 5.97 Å². The standard InChI is InChI=1S/C15H22O7.C12H20O6.C6H12O6/c1-6-9(16)18-11-10(8-7-17-14(2,3)20-8)19-13-12(11)21-15(4,5)22-13;1-11(2)14-5-6(16-11)8-7(13)9-10(15-8)18-12(3,4)17-9;7-1-2(8)5-3(9)4(10)6(11)12-5/h6,8,10-13H,1,7H2,2-5H3;6-10,13H,5H2,1-4H3;2-11H,1H2. The third-order valence-corrected chi connectivity index (χ3v) is 9.13. The highest BCUT2D eigenvalue weighted by Crippen LogP contribution is 2.43. The minimum atomic E-state index is -1.51. The van der Waals surface area contributed by atoms with Gasteiger partial charge in [0.25, 0.3) is 0 Å². The van der Waals surface area contributed by atoms with E-state index in [4.69, 9.17) is 77.6 Å². The quantitative estimate of drug-likeness (QED) is 0.130. The summed E-state index contributed by atoms with van der Waals surface area (Å²) in [6.07, 6.45) is -10.8. The molecule has 7 aliphatic rings. The van der Waals surface area contributed by atoms with Crippen LogP contribution in [0.2, 0.25) is 0 Å². The summed E-state index contributed by atoms with van der Waals surface area (Å²) in [6, 6.07) is 0. The summed E-state index contributed by atoms with van der Waals surface area (Å²) in [5.41, 5.74) is 0. The average Bonchev–Trinajstić information content (AvgIpc) is 3.90. The Morgan fingerprint density at radius 3 is 1.63 bits per heavy atom. The second kappa shape index (κ2) is 15.6. The van der Waals surface area contributed by atoms with E-state index in [0.29, 0.717) is 13.2 Å². The number of fused-ring (bicyclic) bond motifs is 2. The molecule has 0 aromatic carbocycles. The van der Waals surface area contributed by atoms with Gasteiger partial charge < -0.3 is 87.5 Å². The molecule has 7 heterocycles. The minimum absolute atomic E-state index is 0.295. The number of aliphatic hydroxyl groups excluding tert-OH is 6. The summed E-state index contributed by atoms with van der Waals surface area (Å²) >= 11 is 0. The lowest BCUT2D eigenvalue weighted by Gasteiger charge is -2.28. The molecule has 7 saturated heterocycles. The Labute approximate surface area is 301 Å². The third-order valence-electron chi connectivity index (χ3n) is 9.13. The van der Waals surface area contributed by atoms with Gasteiger partial charge in [-0.15, -0.1) is 0 Å². The largest absolute Gasteiger partial charge is 0.453 e. The maximum atomic E-state index is 11.6. The first-order chi connectivity index (χ1) is 24.1. The van der Waals surface area contributed by atoms with Crippen molar-refractivity contribution in [2.75, 3.05) is 19.8 Å². The lowest BCUT2D eigenvalue weighted by Crippen LogP contribution is -2.45. The van der Waals surface area contributed by atoms with Gasteiger partial charge in [0.1, 0.15) is 61.0 Å². The van der Waals surface area contributed by atoms with Crippen LogP contribution in [0.15, 0.2) is 12.7 Å². The molecule has 0 bridgehead atoms. The van der Waals surface area contributed by atoms with Crippen LogP contribution in [0, 0.1) is 0 Å². The predicted molar refractivity (Wildman–Crippen MR) is 169 cm³/mol. The smallest absolute Gasteiger partial charge is 0.330 e. The number of carbonyl (C=O) groups excluding carboxylic acids is 1. The van der Waals surface area contributed by atoms with E-state index in [-0.39, 0.29) is 12.2 Å². The van der Waals surface area contributed by atoms with Gasteiger partial charge in [-0.2, -0.15) is 0 Å². The number of ether oxygens (including phenoxy) is 12. The lowest BCUT2D eigenvalue weighted by molar-refractivity contribution is -0.234. The monoisotopic (exact) mass is 754 g/mol. The highest BCUT2D eigenvalue weighted by atomic mass is 16.9. The molecule has 0 aromatic rings. The zero-order valence-electron chi connectivity index (χ0n) is 30.6. The molecule has 52 heavy (non-hydrogen) atoms. The van der Waals surface area contributed by atoms with Crippen molar-refractivity contribution in [2.24, 2.45) is 0 Å². The van der Waals surface area contributed by atoms with E-state index < -0.39 is 116 Å². The van der Waals surface area contributed by atoms with Crippen molar-refractivity contribution in [3.8, 4) is 0 Å². The summed E-state index contributed by atoms with van der Waals surface area (Å²) < 4.78 is 66.9. The van der Waals surface area contributed by atoms with Crippen LogP contribution in [0.1, 0.15) is 55.4 Å². The van der Waals surface area contributed by atoms with E-state index in [1.54, 1.807) is 27.7 Å². The van der Waals surface area contributed by atoms with Crippen molar-refractivity contribution in [1.29, 1.82) is 0 Å². The summed E-state index contributed by atoms with van der Waals surface area (Å²) in [4.78, 5) is 11.6. The Kier molecular flexibility index (Phi) is 12.5. The summed E-state index contributed by atoms with van der Waals surface area (Å²) in [6.45, 7) is 18.1. The fourth-order valence-electron chi connectivity index (χ4n) is 6.81. The van der Waals surface area contributed by atoms with Gasteiger partial charge in [0, 0.05) is 6.08 Å². The summed E-state index contributed by atoms with van der Waals surface area (Å²) in [7, 11) is 0. The Balaban J connectivity index is 0.000000158. The molecule has 0 aliphatic carbocycles. The Bertz CT molecular complexity index is 1240. The molecule has 0 spiro atoms. The molecule has 0 aromatic heterocycles. The van der Waals surface area contributed by atoms with Crippen LogP contribution >= 0.6 is 0 Å². The van der Waals surface area contributed by atoms with Crippen molar-refractivity contribution in [1.82, 2.24) is 0 Å². The molecule has 0 radical (unpaired) electrons. The van der Waals surface area contributed by atoms with Gasteiger partial charge in [0.15, 0.2) is 54.2 Å². The second-order valence-electron chi connectivity index (χ2n) is 15.2. The van der Waals surface area contributed by atoms with Gasteiger partial charge in [-0.05, 0) is 55.4 Å². The zero-order valence-corrected chi connectivity index (χ0v) is 30.6. The Hall–Kier alpha value is -1.47. The van der Waals surface area contributed by atoms with Crippen molar-refractivity contribution >= 4 is 5.97 Å². The SMILES string of the molecule is C=CC(=O)OC1C(C2COC(C)(C)O2)OC2OC(C)(C)OC21.CC1(C)OCC(C2OC3OC(C)(C)OC3C2O)O1.OCC(O)C1OC(O)C(O)C1O. The highest BCUT2D eigenvalue weighted by Gasteiger charge is 2.60. The predicted octanol–water partition coefficient (Wildman–Crippen LogP) is -1.73. The summed E-state index contributed by atoms with van der Waals surface area (Å²) in [5.74, 6) is -3.36. The molecule has 7 fully saturated rings. The molecular weight excluding hydrogens is 700 g/mol. The Morgan fingerprint density at radius 2 is 1.19 bits per heavy atom. The third kappa shape index (κ3) is 9.31. The molecular formula is C33H54O19. The normalized spacial score (nSPS) is 45.3. The molecule has 19 nitrogen and oxygen atoms in total. The fraction of sp³-hybridized carbons (Fsp3) is 0.909. The van der Waals surface area contributed by atoms with Crippen LogP contribution in [0.3, 0.4) is 0 Å². The van der Waals surface area contributed by atoms with E-state index in [0.717, 1.165) is 6.08 Å². The number of aliphatic hydroxyl groups is 6. The fourth-order valence-corrected chi connectivity index (χ4v) is 6.81. The first-order valence-electron chi connectivity index (χ1n) is 17.2. The lowest BCUT2D eigenvalue weighted by atomic mass is 10.1. The van der Waals surface area contributed by atoms with Crippen LogP contribution in [0.5, 0.6) is 0 Å². The maximum absolute atomic E-state index is 11.6. The van der Waals surface area contributed by atoms with Gasteiger partial charge in [-0.3, -0.25) is 0 Å². The van der Waals surface area contributed by atoms with Crippen molar-refractivity contribution in [3.05, 3.63) is 12.7 Å². The molecule has 0 amide bonds. The molecule has 6 N–H and O–H groups in total. The molecule has 19 heteroatoms. The highest BCUT2D eigenvalue weighted by molar-refractivity contribution is 5.81. The number of hydrogen-bond donors (Lipinski definition) is 6. The van der Waals surface area contributed by atoms with Crippen LogP contribution < -0.4 is 0 Å². The van der Waals surface area contributed by atoms with Crippen molar-refractivity contribution < 1.29 is 92.3 Å². The van der Waals surface area contributed by atoms with E-state index in [1.165, 1.54) is 0 Å². The van der Waals surface area contributed by atoms with Crippen LogP contribution in [-0.2, 0) is 61.6 Å². The van der Waals surface area contributed by atoms with Gasteiger partial charge in [-0.1, -0.05) is 6.58 Å².